The number of fused-ring (bicyclic) bond motifs is 3. The molecule has 2 aromatic heterocycles. The van der Waals surface area contributed by atoms with Crippen LogP contribution in [0.5, 0.6) is 0 Å². The summed E-state index contributed by atoms with van der Waals surface area (Å²) in [4.78, 5) is 23.6. The first-order valence-electron chi connectivity index (χ1n) is 11.2. The molecule has 30 heavy (non-hydrogen) atoms. The van der Waals surface area contributed by atoms with Crippen molar-refractivity contribution in [2.75, 3.05) is 13.1 Å². The summed E-state index contributed by atoms with van der Waals surface area (Å²) >= 11 is 0. The zero-order chi connectivity index (χ0) is 20.5. The van der Waals surface area contributed by atoms with Crippen LogP contribution in [0.3, 0.4) is 0 Å². The highest BCUT2D eigenvalue weighted by Crippen LogP contribution is 2.33. The number of pyridine rings is 1. The van der Waals surface area contributed by atoms with Crippen molar-refractivity contribution < 1.29 is 4.79 Å². The number of piperidine rings is 1. The number of para-hydroxylation sites is 1. The van der Waals surface area contributed by atoms with E-state index >= 15 is 0 Å². The third-order valence-corrected chi connectivity index (χ3v) is 6.75. The highest BCUT2D eigenvalue weighted by atomic mass is 16.1. The van der Waals surface area contributed by atoms with Crippen molar-refractivity contribution in [2.24, 2.45) is 5.92 Å². The summed E-state index contributed by atoms with van der Waals surface area (Å²) in [7, 11) is 0. The van der Waals surface area contributed by atoms with Gasteiger partial charge in [-0.05, 0) is 61.8 Å². The van der Waals surface area contributed by atoms with E-state index in [1.807, 2.05) is 30.5 Å². The normalized spacial score (nSPS) is 20.2. The Labute approximate surface area is 177 Å². The molecule has 1 aliphatic heterocycles. The number of aromatic amines is 1. The smallest absolute Gasteiger partial charge is 0.253 e. The Kier molecular flexibility index (Phi) is 5.30. The highest BCUT2D eigenvalue weighted by molar-refractivity contribution is 6.07. The van der Waals surface area contributed by atoms with Crippen LogP contribution in [-0.4, -0.2) is 39.9 Å². The SMILES string of the molecule is CC1CCc2[nH]c3c(C(=O)NC4CCN(Cc5ccccn5)CC4)cccc3c2C1. The molecule has 5 heteroatoms. The van der Waals surface area contributed by atoms with Crippen molar-refractivity contribution in [3.63, 3.8) is 0 Å². The topological polar surface area (TPSA) is 61.0 Å². The number of carbonyl (C=O) groups excluding carboxylic acids is 1. The summed E-state index contributed by atoms with van der Waals surface area (Å²) in [5.74, 6) is 0.765. The molecule has 0 saturated carbocycles. The van der Waals surface area contributed by atoms with E-state index < -0.39 is 0 Å². The van der Waals surface area contributed by atoms with E-state index in [9.17, 15) is 4.79 Å². The minimum absolute atomic E-state index is 0.0513. The number of carbonyl (C=O) groups is 1. The fourth-order valence-corrected chi connectivity index (χ4v) is 5.02. The second-order valence-electron chi connectivity index (χ2n) is 9.00. The molecule has 5 nitrogen and oxygen atoms in total. The summed E-state index contributed by atoms with van der Waals surface area (Å²) in [6, 6.07) is 12.4. The van der Waals surface area contributed by atoms with Crippen LogP contribution < -0.4 is 5.32 Å². The van der Waals surface area contributed by atoms with Crippen LogP contribution in [0, 0.1) is 5.92 Å². The van der Waals surface area contributed by atoms with Crippen molar-refractivity contribution in [1.82, 2.24) is 20.2 Å². The number of rotatable bonds is 4. The van der Waals surface area contributed by atoms with E-state index in [1.165, 1.54) is 23.1 Å². The van der Waals surface area contributed by atoms with Gasteiger partial charge in [0.25, 0.3) is 5.91 Å². The van der Waals surface area contributed by atoms with Crippen LogP contribution in [0.1, 0.15) is 53.5 Å². The Morgan fingerprint density at radius 2 is 2.03 bits per heavy atom. The molecule has 2 N–H and O–H groups in total. The lowest BCUT2D eigenvalue weighted by Gasteiger charge is -2.32. The lowest BCUT2D eigenvalue weighted by Crippen LogP contribution is -2.44. The van der Waals surface area contributed by atoms with Gasteiger partial charge < -0.3 is 10.3 Å². The number of nitrogens with one attached hydrogen (secondary N) is 2. The molecular weight excluding hydrogens is 372 g/mol. The molecule has 2 aliphatic rings. The molecule has 0 radical (unpaired) electrons. The van der Waals surface area contributed by atoms with E-state index in [4.69, 9.17) is 0 Å². The van der Waals surface area contributed by atoms with Gasteiger partial charge in [0.2, 0.25) is 0 Å². The van der Waals surface area contributed by atoms with Crippen LogP contribution in [0.4, 0.5) is 0 Å². The molecule has 5 rings (SSSR count). The largest absolute Gasteiger partial charge is 0.358 e. The van der Waals surface area contributed by atoms with Crippen molar-refractivity contribution in [3.05, 3.63) is 65.1 Å². The Balaban J connectivity index is 1.25. The monoisotopic (exact) mass is 402 g/mol. The van der Waals surface area contributed by atoms with Crippen LogP contribution in [0.15, 0.2) is 42.6 Å². The third kappa shape index (κ3) is 3.86. The molecule has 156 valence electrons. The summed E-state index contributed by atoms with van der Waals surface area (Å²) in [5, 5.41) is 4.53. The van der Waals surface area contributed by atoms with Gasteiger partial charge in [-0.25, -0.2) is 0 Å². The zero-order valence-electron chi connectivity index (χ0n) is 17.7. The van der Waals surface area contributed by atoms with Crippen molar-refractivity contribution >= 4 is 16.8 Å². The van der Waals surface area contributed by atoms with Gasteiger partial charge in [-0.2, -0.15) is 0 Å². The number of benzene rings is 1. The summed E-state index contributed by atoms with van der Waals surface area (Å²) in [6.45, 7) is 5.17. The maximum atomic E-state index is 13.1. The predicted octanol–water partition coefficient (Wildman–Crippen LogP) is 4.08. The van der Waals surface area contributed by atoms with Gasteiger partial charge in [0.1, 0.15) is 0 Å². The number of aromatic nitrogens is 2. The first-order valence-corrected chi connectivity index (χ1v) is 11.2. The molecule has 3 aromatic rings. The van der Waals surface area contributed by atoms with Gasteiger partial charge in [0.05, 0.1) is 16.8 Å². The Hall–Kier alpha value is -2.66. The molecule has 0 bridgehead atoms. The van der Waals surface area contributed by atoms with E-state index in [-0.39, 0.29) is 11.9 Å². The molecular formula is C25H30N4O. The number of H-pyrrole nitrogens is 1. The van der Waals surface area contributed by atoms with Crippen LogP contribution in [-0.2, 0) is 19.4 Å². The quantitative estimate of drug-likeness (QED) is 0.691. The van der Waals surface area contributed by atoms with E-state index in [1.54, 1.807) is 0 Å². The molecule has 0 spiro atoms. The van der Waals surface area contributed by atoms with Crippen LogP contribution in [0.2, 0.25) is 0 Å². The first-order chi connectivity index (χ1) is 14.7. The summed E-state index contributed by atoms with van der Waals surface area (Å²) < 4.78 is 0. The number of aryl methyl sites for hydroxylation is 1. The standard InChI is InChI=1S/C25H30N4O/c1-17-8-9-23-22(15-17)20-6-4-7-21(24(20)28-23)25(30)27-18-10-13-29(14-11-18)16-19-5-2-3-12-26-19/h2-7,12,17-18,28H,8-11,13-16H2,1H3,(H,27,30). The molecule has 1 aliphatic carbocycles. The van der Waals surface area contributed by atoms with Gasteiger partial charge in [0, 0.05) is 43.0 Å². The third-order valence-electron chi connectivity index (χ3n) is 6.75. The van der Waals surface area contributed by atoms with E-state index in [0.717, 1.165) is 62.1 Å². The van der Waals surface area contributed by atoms with E-state index in [2.05, 4.69) is 39.2 Å². The number of hydrogen-bond acceptors (Lipinski definition) is 3. The zero-order valence-corrected chi connectivity index (χ0v) is 17.7. The lowest BCUT2D eigenvalue weighted by atomic mass is 9.87. The molecule has 1 unspecified atom stereocenters. The number of likely N-dealkylation sites (tertiary alicyclic amines) is 1. The Bertz CT molecular complexity index is 1030. The van der Waals surface area contributed by atoms with Gasteiger partial charge in [-0.1, -0.05) is 25.1 Å². The van der Waals surface area contributed by atoms with Gasteiger partial charge in [-0.3, -0.25) is 14.7 Å². The minimum atomic E-state index is 0.0513. The van der Waals surface area contributed by atoms with Crippen LogP contribution in [0.25, 0.3) is 10.9 Å². The van der Waals surface area contributed by atoms with Gasteiger partial charge in [0.15, 0.2) is 0 Å². The average molecular weight is 403 g/mol. The van der Waals surface area contributed by atoms with Crippen LogP contribution >= 0.6 is 0 Å². The molecule has 1 aromatic carbocycles. The maximum absolute atomic E-state index is 13.1. The fourth-order valence-electron chi connectivity index (χ4n) is 5.02. The number of hydrogen-bond donors (Lipinski definition) is 2. The van der Waals surface area contributed by atoms with Crippen molar-refractivity contribution in [1.29, 1.82) is 0 Å². The summed E-state index contributed by atoms with van der Waals surface area (Å²) in [6.07, 6.45) is 7.22. The molecule has 3 heterocycles. The number of amides is 1. The lowest BCUT2D eigenvalue weighted by molar-refractivity contribution is 0.0910. The van der Waals surface area contributed by atoms with E-state index in [0.29, 0.717) is 5.92 Å². The highest BCUT2D eigenvalue weighted by Gasteiger charge is 2.25. The summed E-state index contributed by atoms with van der Waals surface area (Å²) in [5.41, 5.74) is 5.65. The minimum Gasteiger partial charge on any atom is -0.358 e. The second-order valence-corrected chi connectivity index (χ2v) is 9.00. The van der Waals surface area contributed by atoms with Gasteiger partial charge >= 0.3 is 0 Å². The molecule has 1 atom stereocenters. The Morgan fingerprint density at radius 1 is 1.17 bits per heavy atom. The van der Waals surface area contributed by atoms with Gasteiger partial charge in [-0.15, -0.1) is 0 Å². The maximum Gasteiger partial charge on any atom is 0.253 e. The molecule has 1 fully saturated rings. The molecule has 1 amide bonds. The van der Waals surface area contributed by atoms with Crippen molar-refractivity contribution in [2.45, 2.75) is 51.6 Å². The fraction of sp³-hybridized carbons (Fsp3) is 0.440. The van der Waals surface area contributed by atoms with Crippen molar-refractivity contribution in [3.8, 4) is 0 Å². The average Bonchev–Trinajstić information content (AvgIpc) is 3.14. The second kappa shape index (κ2) is 8.23. The predicted molar refractivity (Wildman–Crippen MR) is 119 cm³/mol. The molecule has 1 saturated heterocycles. The first kappa shape index (κ1) is 19.3. The number of nitrogens with zero attached hydrogens (tertiary/aromatic N) is 2. The Morgan fingerprint density at radius 3 is 2.83 bits per heavy atom.